The van der Waals surface area contributed by atoms with Crippen LogP contribution in [-0.2, 0) is 21.3 Å². The number of anilines is 1. The Balaban J connectivity index is 1.64. The van der Waals surface area contributed by atoms with Gasteiger partial charge < -0.3 is 19.9 Å². The zero-order chi connectivity index (χ0) is 24.2. The molecular weight excluding hydrogens is 575 g/mol. The number of urea groups is 1. The summed E-state index contributed by atoms with van der Waals surface area (Å²) in [5, 5.41) is 7.42. The molecule has 10 nitrogen and oxygen atoms in total. The highest BCUT2D eigenvalue weighted by Gasteiger charge is 2.38. The number of sulfone groups is 1. The van der Waals surface area contributed by atoms with E-state index in [0.29, 0.717) is 30.9 Å². The summed E-state index contributed by atoms with van der Waals surface area (Å²) in [7, 11) is -4.71. The van der Waals surface area contributed by atoms with Crippen LogP contribution >= 0.6 is 22.6 Å². The van der Waals surface area contributed by atoms with Crippen LogP contribution in [0.25, 0.3) is 11.2 Å². The molecule has 1 saturated heterocycles. The molecule has 2 amide bonds. The van der Waals surface area contributed by atoms with Crippen LogP contribution < -0.4 is 16.0 Å². The van der Waals surface area contributed by atoms with Crippen molar-refractivity contribution >= 4 is 63.5 Å². The van der Waals surface area contributed by atoms with Gasteiger partial charge in [-0.15, -0.1) is 0 Å². The summed E-state index contributed by atoms with van der Waals surface area (Å²) in [6.07, 6.45) is 4.86. The van der Waals surface area contributed by atoms with Crippen molar-refractivity contribution in [2.24, 2.45) is 0 Å². The molecule has 33 heavy (non-hydrogen) atoms. The van der Waals surface area contributed by atoms with E-state index in [1.54, 1.807) is 13.0 Å². The predicted octanol–water partition coefficient (Wildman–Crippen LogP) is 3.14. The average molecular weight is 609 g/mol. The SMILES string of the molecule is CC(I)S(=O)(=O)C(NC(=O)Nc1cnc2c(ccn2COCC[Si](C)(C)C)n1)C1CCCN1. The highest BCUT2D eigenvalue weighted by molar-refractivity contribution is 14.1. The third-order valence-electron chi connectivity index (χ3n) is 5.48. The zero-order valence-corrected chi connectivity index (χ0v) is 23.4. The van der Waals surface area contributed by atoms with E-state index in [9.17, 15) is 13.2 Å². The summed E-state index contributed by atoms with van der Waals surface area (Å²) in [5.74, 6) is 0.246. The molecule has 0 bridgehead atoms. The molecule has 2 aromatic heterocycles. The van der Waals surface area contributed by atoms with Crippen LogP contribution in [-0.4, -0.2) is 64.9 Å². The number of rotatable bonds is 10. The molecule has 3 atom stereocenters. The summed E-state index contributed by atoms with van der Waals surface area (Å²) in [6.45, 7) is 10.4. The van der Waals surface area contributed by atoms with Gasteiger partial charge in [-0.3, -0.25) is 5.32 Å². The van der Waals surface area contributed by atoms with Gasteiger partial charge in [0.05, 0.1) is 6.20 Å². The van der Waals surface area contributed by atoms with E-state index < -0.39 is 32.6 Å². The first-order valence-corrected chi connectivity index (χ1v) is 17.6. The Kier molecular flexibility index (Phi) is 8.75. The van der Waals surface area contributed by atoms with E-state index in [4.69, 9.17) is 4.74 Å². The lowest BCUT2D eigenvalue weighted by Crippen LogP contribution is -2.54. The Morgan fingerprint density at radius 1 is 1.42 bits per heavy atom. The highest BCUT2D eigenvalue weighted by Crippen LogP contribution is 2.21. The predicted molar refractivity (Wildman–Crippen MR) is 141 cm³/mol. The van der Waals surface area contributed by atoms with Gasteiger partial charge in [-0.25, -0.2) is 23.2 Å². The van der Waals surface area contributed by atoms with Gasteiger partial charge in [0.25, 0.3) is 0 Å². The van der Waals surface area contributed by atoms with Gasteiger partial charge in [0, 0.05) is 26.9 Å². The Labute approximate surface area is 209 Å². The number of nitrogens with one attached hydrogen (secondary N) is 3. The highest BCUT2D eigenvalue weighted by atomic mass is 127. The number of aromatic nitrogens is 3. The van der Waals surface area contributed by atoms with E-state index in [-0.39, 0.29) is 11.9 Å². The van der Waals surface area contributed by atoms with Crippen LogP contribution in [0.2, 0.25) is 25.7 Å². The van der Waals surface area contributed by atoms with Crippen LogP contribution in [0.5, 0.6) is 0 Å². The lowest BCUT2D eigenvalue weighted by atomic mass is 10.2. The Bertz CT molecular complexity index is 1070. The van der Waals surface area contributed by atoms with Crippen LogP contribution in [0.15, 0.2) is 18.5 Å². The van der Waals surface area contributed by atoms with E-state index in [1.165, 1.54) is 6.20 Å². The van der Waals surface area contributed by atoms with Gasteiger partial charge in [-0.1, -0.05) is 42.2 Å². The molecule has 3 unspecified atom stereocenters. The molecule has 1 aliphatic rings. The third-order valence-corrected chi connectivity index (χ3v) is 11.4. The maximum atomic E-state index is 12.8. The van der Waals surface area contributed by atoms with Crippen LogP contribution in [0.3, 0.4) is 0 Å². The zero-order valence-electron chi connectivity index (χ0n) is 19.5. The maximum Gasteiger partial charge on any atom is 0.321 e. The molecule has 0 aromatic carbocycles. The van der Waals surface area contributed by atoms with Gasteiger partial charge >= 0.3 is 6.03 Å². The second-order valence-electron chi connectivity index (χ2n) is 9.45. The van der Waals surface area contributed by atoms with Crippen molar-refractivity contribution in [2.45, 2.75) is 66.9 Å². The minimum absolute atomic E-state index is 0.246. The average Bonchev–Trinajstić information content (AvgIpc) is 3.38. The van der Waals surface area contributed by atoms with E-state index in [1.807, 2.05) is 33.4 Å². The lowest BCUT2D eigenvalue weighted by molar-refractivity contribution is 0.0899. The van der Waals surface area contributed by atoms with Crippen LogP contribution in [0.4, 0.5) is 10.6 Å². The van der Waals surface area contributed by atoms with E-state index in [0.717, 1.165) is 19.0 Å². The van der Waals surface area contributed by atoms with Crippen LogP contribution in [0, 0.1) is 0 Å². The van der Waals surface area contributed by atoms with Gasteiger partial charge in [0.2, 0.25) is 0 Å². The fraction of sp³-hybridized carbons (Fsp3) is 0.650. The number of amides is 2. The molecule has 2 aromatic rings. The topological polar surface area (TPSA) is 127 Å². The van der Waals surface area contributed by atoms with Gasteiger partial charge in [0.1, 0.15) is 20.9 Å². The lowest BCUT2D eigenvalue weighted by Gasteiger charge is -2.26. The molecule has 3 rings (SSSR count). The summed E-state index contributed by atoms with van der Waals surface area (Å²) in [6, 6.07) is 1.95. The second-order valence-corrected chi connectivity index (χ2v) is 20.2. The number of hydrogen-bond donors (Lipinski definition) is 3. The molecule has 0 radical (unpaired) electrons. The number of ether oxygens (including phenoxy) is 1. The fourth-order valence-corrected chi connectivity index (χ4v) is 6.60. The number of fused-ring (bicyclic) bond motifs is 1. The summed E-state index contributed by atoms with van der Waals surface area (Å²) < 4.78 is 32.7. The Morgan fingerprint density at radius 3 is 2.82 bits per heavy atom. The molecule has 0 aliphatic carbocycles. The largest absolute Gasteiger partial charge is 0.361 e. The summed E-state index contributed by atoms with van der Waals surface area (Å²) in [5.41, 5.74) is 1.27. The van der Waals surface area contributed by atoms with Crippen molar-refractivity contribution in [1.82, 2.24) is 25.2 Å². The summed E-state index contributed by atoms with van der Waals surface area (Å²) >= 11 is 1.86. The molecule has 0 spiro atoms. The molecule has 0 saturated carbocycles. The summed E-state index contributed by atoms with van der Waals surface area (Å²) in [4.78, 5) is 21.5. The van der Waals surface area contributed by atoms with E-state index in [2.05, 4.69) is 45.6 Å². The van der Waals surface area contributed by atoms with Crippen LogP contribution in [0.1, 0.15) is 19.8 Å². The standard InChI is InChI=1S/C20H33IN6O4SSi/c1-14(21)32(29,30)19(16-6-5-8-22-16)26-20(28)25-17-12-23-18-15(24-17)7-9-27(18)13-31-10-11-33(2,3)4/h7,9,12,14,16,19,22H,5-6,8,10-11,13H2,1-4H3,(H2,24,25,26,28). The number of carbonyl (C=O) groups excluding carboxylic acids is 1. The first-order chi connectivity index (χ1) is 15.5. The number of hydrogen-bond acceptors (Lipinski definition) is 7. The molecule has 184 valence electrons. The molecule has 3 N–H and O–H groups in total. The Morgan fingerprint density at radius 2 is 2.18 bits per heavy atom. The van der Waals surface area contributed by atoms with Crippen molar-refractivity contribution in [3.63, 3.8) is 0 Å². The number of halogens is 1. The smallest absolute Gasteiger partial charge is 0.321 e. The fourth-order valence-electron chi connectivity index (χ4n) is 3.53. The quantitative estimate of drug-likeness (QED) is 0.164. The monoisotopic (exact) mass is 608 g/mol. The molecular formula is C20H33IN6O4SSi. The van der Waals surface area contributed by atoms with Gasteiger partial charge in [0.15, 0.2) is 21.3 Å². The first-order valence-electron chi connectivity index (χ1n) is 11.0. The van der Waals surface area contributed by atoms with Crippen molar-refractivity contribution in [3.8, 4) is 0 Å². The number of alkyl halides is 1. The van der Waals surface area contributed by atoms with E-state index >= 15 is 0 Å². The maximum absolute atomic E-state index is 12.8. The van der Waals surface area contributed by atoms with Crippen molar-refractivity contribution < 1.29 is 17.9 Å². The molecule has 1 aliphatic heterocycles. The normalized spacial score (nSPS) is 18.9. The van der Waals surface area contributed by atoms with Crippen molar-refractivity contribution in [3.05, 3.63) is 18.5 Å². The molecule has 3 heterocycles. The Hall–Kier alpha value is -1.29. The number of nitrogens with zero attached hydrogens (tertiary/aromatic N) is 3. The minimum atomic E-state index is -3.56. The molecule has 13 heteroatoms. The van der Waals surface area contributed by atoms with Crippen molar-refractivity contribution in [1.29, 1.82) is 0 Å². The van der Waals surface area contributed by atoms with Crippen molar-refractivity contribution in [2.75, 3.05) is 18.5 Å². The third kappa shape index (κ3) is 7.10. The second kappa shape index (κ2) is 11.0. The minimum Gasteiger partial charge on any atom is -0.361 e. The first kappa shape index (κ1) is 26.3. The van der Waals surface area contributed by atoms with Gasteiger partial charge in [-0.05, 0) is 38.4 Å². The van der Waals surface area contributed by atoms with Gasteiger partial charge in [-0.2, -0.15) is 0 Å². The number of carbonyl (C=O) groups is 1. The molecule has 1 fully saturated rings.